The van der Waals surface area contributed by atoms with E-state index in [1.165, 1.54) is 6.42 Å². The Morgan fingerprint density at radius 3 is 2.59 bits per heavy atom. The smallest absolute Gasteiger partial charge is 0.240 e. The monoisotopic (exact) mass is 236 g/mol. The average Bonchev–Trinajstić information content (AvgIpc) is 2.38. The molecule has 1 aliphatic heterocycles. The summed E-state index contributed by atoms with van der Waals surface area (Å²) in [5.41, 5.74) is 0. The van der Waals surface area contributed by atoms with Gasteiger partial charge in [-0.15, -0.1) is 13.2 Å². The van der Waals surface area contributed by atoms with Gasteiger partial charge in [-0.1, -0.05) is 25.5 Å². The lowest BCUT2D eigenvalue weighted by atomic mass is 9.90. The van der Waals surface area contributed by atoms with Gasteiger partial charge in [-0.05, 0) is 25.3 Å². The largest absolute Gasteiger partial charge is 0.334 e. The van der Waals surface area contributed by atoms with Gasteiger partial charge in [-0.3, -0.25) is 4.79 Å². The van der Waals surface area contributed by atoms with E-state index in [4.69, 9.17) is 0 Å². The first-order valence-corrected chi connectivity index (χ1v) is 6.46. The van der Waals surface area contributed by atoms with Crippen molar-refractivity contribution in [3.63, 3.8) is 0 Å². The van der Waals surface area contributed by atoms with Crippen molar-refractivity contribution in [2.75, 3.05) is 19.6 Å². The predicted molar refractivity (Wildman–Crippen MR) is 71.8 cm³/mol. The molecule has 0 spiro atoms. The van der Waals surface area contributed by atoms with Gasteiger partial charge in [-0.2, -0.15) is 0 Å². The molecule has 2 atom stereocenters. The van der Waals surface area contributed by atoms with E-state index in [2.05, 4.69) is 25.4 Å². The third-order valence-corrected chi connectivity index (χ3v) is 3.40. The van der Waals surface area contributed by atoms with Gasteiger partial charge in [0.05, 0.1) is 6.04 Å². The second kappa shape index (κ2) is 7.28. The molecule has 2 unspecified atom stereocenters. The van der Waals surface area contributed by atoms with Crippen molar-refractivity contribution in [2.24, 2.45) is 5.92 Å². The lowest BCUT2D eigenvalue weighted by Crippen LogP contribution is -2.50. The molecular formula is C14H24N2O. The number of piperidine rings is 1. The van der Waals surface area contributed by atoms with Crippen LogP contribution in [0.5, 0.6) is 0 Å². The molecule has 0 bridgehead atoms. The summed E-state index contributed by atoms with van der Waals surface area (Å²) in [6.07, 6.45) is 6.83. The molecule has 1 N–H and O–H groups in total. The van der Waals surface area contributed by atoms with E-state index in [1.54, 1.807) is 17.1 Å². The van der Waals surface area contributed by atoms with Gasteiger partial charge in [0.25, 0.3) is 0 Å². The third kappa shape index (κ3) is 4.00. The van der Waals surface area contributed by atoms with Gasteiger partial charge in [0.2, 0.25) is 5.91 Å². The van der Waals surface area contributed by atoms with Crippen LogP contribution in [0.2, 0.25) is 0 Å². The number of amides is 1. The molecule has 96 valence electrons. The molecule has 3 heteroatoms. The van der Waals surface area contributed by atoms with Gasteiger partial charge in [-0.25, -0.2) is 0 Å². The molecule has 0 aromatic heterocycles. The molecular weight excluding hydrogens is 212 g/mol. The van der Waals surface area contributed by atoms with Crippen LogP contribution in [0.3, 0.4) is 0 Å². The number of carbonyl (C=O) groups excluding carboxylic acids is 1. The standard InChI is InChI=1S/C14H24N2O/c1-4-9-16(10-5-2)14(17)13-11-12(6-3)7-8-15-13/h4-5,12-13,15H,1-2,6-11H2,3H3. The quantitative estimate of drug-likeness (QED) is 0.715. The Morgan fingerprint density at radius 2 is 2.06 bits per heavy atom. The van der Waals surface area contributed by atoms with Crippen LogP contribution in [0.15, 0.2) is 25.3 Å². The van der Waals surface area contributed by atoms with Crippen molar-refractivity contribution in [2.45, 2.75) is 32.2 Å². The molecule has 1 amide bonds. The van der Waals surface area contributed by atoms with Crippen molar-refractivity contribution in [3.05, 3.63) is 25.3 Å². The summed E-state index contributed by atoms with van der Waals surface area (Å²) in [7, 11) is 0. The van der Waals surface area contributed by atoms with Crippen molar-refractivity contribution >= 4 is 5.91 Å². The Labute approximate surface area is 105 Å². The number of nitrogens with zero attached hydrogens (tertiary/aromatic N) is 1. The summed E-state index contributed by atoms with van der Waals surface area (Å²) in [5, 5.41) is 3.32. The zero-order chi connectivity index (χ0) is 12.7. The maximum Gasteiger partial charge on any atom is 0.240 e. The molecule has 0 aromatic carbocycles. The maximum atomic E-state index is 12.3. The number of rotatable bonds is 6. The first-order chi connectivity index (χ1) is 8.22. The number of carbonyl (C=O) groups is 1. The lowest BCUT2D eigenvalue weighted by molar-refractivity contribution is -0.133. The fraction of sp³-hybridized carbons (Fsp3) is 0.643. The fourth-order valence-corrected chi connectivity index (χ4v) is 2.34. The van der Waals surface area contributed by atoms with Crippen LogP contribution in [0.4, 0.5) is 0 Å². The minimum atomic E-state index is -0.0198. The molecule has 0 aromatic rings. The van der Waals surface area contributed by atoms with Gasteiger partial charge < -0.3 is 10.2 Å². The molecule has 1 saturated heterocycles. The summed E-state index contributed by atoms with van der Waals surface area (Å²) in [5.74, 6) is 0.863. The van der Waals surface area contributed by atoms with E-state index < -0.39 is 0 Å². The van der Waals surface area contributed by atoms with Gasteiger partial charge >= 0.3 is 0 Å². The topological polar surface area (TPSA) is 32.3 Å². The molecule has 1 fully saturated rings. The first kappa shape index (κ1) is 14.0. The second-order valence-corrected chi connectivity index (χ2v) is 4.63. The van der Waals surface area contributed by atoms with E-state index in [0.29, 0.717) is 19.0 Å². The highest BCUT2D eigenvalue weighted by Gasteiger charge is 2.28. The summed E-state index contributed by atoms with van der Waals surface area (Å²) in [4.78, 5) is 14.1. The highest BCUT2D eigenvalue weighted by atomic mass is 16.2. The Kier molecular flexibility index (Phi) is 5.98. The van der Waals surface area contributed by atoms with E-state index >= 15 is 0 Å². The van der Waals surface area contributed by atoms with Crippen LogP contribution in [-0.2, 0) is 4.79 Å². The summed E-state index contributed by atoms with van der Waals surface area (Å²) in [6, 6.07) is -0.0198. The number of nitrogens with one attached hydrogen (secondary N) is 1. The Balaban J connectivity index is 2.58. The maximum absolute atomic E-state index is 12.3. The van der Waals surface area contributed by atoms with Crippen LogP contribution < -0.4 is 5.32 Å². The fourth-order valence-electron chi connectivity index (χ4n) is 2.34. The Hall–Kier alpha value is -1.09. The Morgan fingerprint density at radius 1 is 1.41 bits per heavy atom. The lowest BCUT2D eigenvalue weighted by Gasteiger charge is -2.32. The van der Waals surface area contributed by atoms with Crippen molar-refractivity contribution < 1.29 is 4.79 Å². The van der Waals surface area contributed by atoms with Crippen molar-refractivity contribution in [1.29, 1.82) is 0 Å². The molecule has 0 radical (unpaired) electrons. The summed E-state index contributed by atoms with van der Waals surface area (Å²) < 4.78 is 0. The second-order valence-electron chi connectivity index (χ2n) is 4.63. The number of hydrogen-bond acceptors (Lipinski definition) is 2. The van der Waals surface area contributed by atoms with Crippen LogP contribution in [0.1, 0.15) is 26.2 Å². The van der Waals surface area contributed by atoms with E-state index in [-0.39, 0.29) is 11.9 Å². The Bertz CT molecular complexity index is 265. The summed E-state index contributed by atoms with van der Waals surface area (Å²) >= 11 is 0. The number of hydrogen-bond donors (Lipinski definition) is 1. The highest BCUT2D eigenvalue weighted by molar-refractivity contribution is 5.82. The molecule has 17 heavy (non-hydrogen) atoms. The van der Waals surface area contributed by atoms with Crippen LogP contribution in [0.25, 0.3) is 0 Å². The molecule has 1 rings (SSSR count). The average molecular weight is 236 g/mol. The summed E-state index contributed by atoms with van der Waals surface area (Å²) in [6.45, 7) is 11.7. The van der Waals surface area contributed by atoms with Gasteiger partial charge in [0.15, 0.2) is 0 Å². The molecule has 1 aliphatic rings. The molecule has 0 aliphatic carbocycles. The van der Waals surface area contributed by atoms with E-state index in [9.17, 15) is 4.79 Å². The van der Waals surface area contributed by atoms with Gasteiger partial charge in [0.1, 0.15) is 0 Å². The first-order valence-electron chi connectivity index (χ1n) is 6.46. The van der Waals surface area contributed by atoms with E-state index in [0.717, 1.165) is 19.4 Å². The predicted octanol–water partition coefficient (Wildman–Crippen LogP) is 1.97. The van der Waals surface area contributed by atoms with E-state index in [1.807, 2.05) is 0 Å². The van der Waals surface area contributed by atoms with Crippen LogP contribution in [-0.4, -0.2) is 36.5 Å². The minimum absolute atomic E-state index is 0.0198. The molecule has 0 saturated carbocycles. The molecule has 3 nitrogen and oxygen atoms in total. The minimum Gasteiger partial charge on any atom is -0.334 e. The normalized spacial score (nSPS) is 24.1. The van der Waals surface area contributed by atoms with Crippen molar-refractivity contribution in [1.82, 2.24) is 10.2 Å². The van der Waals surface area contributed by atoms with Crippen LogP contribution in [0, 0.1) is 5.92 Å². The zero-order valence-electron chi connectivity index (χ0n) is 10.8. The van der Waals surface area contributed by atoms with Crippen molar-refractivity contribution in [3.8, 4) is 0 Å². The third-order valence-electron chi connectivity index (χ3n) is 3.40. The zero-order valence-corrected chi connectivity index (χ0v) is 10.8. The highest BCUT2D eigenvalue weighted by Crippen LogP contribution is 2.20. The van der Waals surface area contributed by atoms with Gasteiger partial charge in [0, 0.05) is 13.1 Å². The van der Waals surface area contributed by atoms with Crippen LogP contribution >= 0.6 is 0 Å². The SMILES string of the molecule is C=CCN(CC=C)C(=O)C1CC(CC)CCN1. The molecule has 1 heterocycles.